The van der Waals surface area contributed by atoms with Gasteiger partial charge < -0.3 is 24.6 Å². The van der Waals surface area contributed by atoms with Gasteiger partial charge in [0.1, 0.15) is 11.5 Å². The summed E-state index contributed by atoms with van der Waals surface area (Å²) in [6.07, 6.45) is 10.9. The molecule has 0 bridgehead atoms. The molecule has 3 heterocycles. The van der Waals surface area contributed by atoms with E-state index >= 15 is 0 Å². The predicted molar refractivity (Wildman–Crippen MR) is 528 cm³/mol. The minimum Gasteiger partial charge on any atom is -0.395 e. The Morgan fingerprint density at radius 1 is 0.407 bits per heavy atom. The zero-order chi connectivity index (χ0) is 95.8. The Labute approximate surface area is 794 Å². The number of carbonyl (C=O) groups excluding carboxylic acids is 2. The number of para-hydroxylation sites is 2. The maximum atomic E-state index is 13.5. The van der Waals surface area contributed by atoms with Crippen LogP contribution in [0.1, 0.15) is 67.3 Å². The molecule has 2 N–H and O–H groups in total. The van der Waals surface area contributed by atoms with Gasteiger partial charge in [0.2, 0.25) is 5.91 Å². The number of nitrogens with one attached hydrogen (secondary N) is 1. The second-order valence-corrected chi connectivity index (χ2v) is 23.0. The van der Waals surface area contributed by atoms with E-state index in [2.05, 4.69) is 591 Å². The minimum atomic E-state index is -0.303. The number of hydrogen-bond donors (Lipinski definition) is 2. The Bertz CT molecular complexity index is 8660. The average molecular weight is 1690 g/mol. The molecule has 2 aromatic heterocycles. The largest absolute Gasteiger partial charge is 0.395 e. The van der Waals surface area contributed by atoms with Crippen molar-refractivity contribution in [2.24, 2.45) is 5.92 Å². The van der Waals surface area contributed by atoms with Crippen LogP contribution in [0.15, 0.2) is 66.9 Å². The van der Waals surface area contributed by atoms with Crippen molar-refractivity contribution in [3.8, 4) is 544 Å². The Kier molecular flexibility index (Phi) is 59.4. The van der Waals surface area contributed by atoms with Gasteiger partial charge >= 0.3 is 0 Å². The summed E-state index contributed by atoms with van der Waals surface area (Å²) in [7, 11) is 1.73. The fourth-order valence-electron chi connectivity index (χ4n) is 8.87. The first-order valence-electron chi connectivity index (χ1n) is 38.4. The van der Waals surface area contributed by atoms with Crippen molar-refractivity contribution in [1.82, 2.24) is 24.8 Å². The van der Waals surface area contributed by atoms with Crippen molar-refractivity contribution in [2.45, 2.75) is 58.4 Å². The lowest BCUT2D eigenvalue weighted by molar-refractivity contribution is -0.133. The summed E-state index contributed by atoms with van der Waals surface area (Å²) >= 11 is 0. The second-order valence-electron chi connectivity index (χ2n) is 23.0. The highest BCUT2D eigenvalue weighted by Crippen LogP contribution is 2.31. The molecular formula is C126H47N5O4. The number of ether oxygens (including phenoxy) is 1. The number of likely N-dealkylation sites (tertiary alicyclic amines) is 1. The number of rotatable bonds is 13. The number of benzene rings is 2. The Balaban J connectivity index is 0.000000710. The third-order valence-corrected chi connectivity index (χ3v) is 13.9. The number of aliphatic hydroxyl groups is 1. The summed E-state index contributed by atoms with van der Waals surface area (Å²) in [6, 6.07) is 20.2. The Morgan fingerprint density at radius 3 is 0.985 bits per heavy atom. The van der Waals surface area contributed by atoms with Crippen LogP contribution < -0.4 is 5.32 Å². The molecule has 0 saturated carbocycles. The van der Waals surface area contributed by atoms with Gasteiger partial charge in [-0.2, -0.15) is 0 Å². The quantitative estimate of drug-likeness (QED) is 0.133. The van der Waals surface area contributed by atoms with E-state index in [1.165, 1.54) is 5.56 Å². The maximum Gasteiger partial charge on any atom is 0.269 e. The molecule has 2 atom stereocenters. The van der Waals surface area contributed by atoms with Gasteiger partial charge in [0.25, 0.3) is 5.91 Å². The zero-order valence-corrected chi connectivity index (χ0v) is 71.8. The third-order valence-electron chi connectivity index (χ3n) is 13.9. The molecule has 1 aliphatic rings. The lowest BCUT2D eigenvalue weighted by Crippen LogP contribution is -2.40. The number of methoxy groups -OCH3 is 1. The number of aryl methyl sites for hydroxylation is 1. The number of amides is 2. The molecule has 1 saturated heterocycles. The molecule has 1 aliphatic heterocycles. The molecule has 2 aromatic carbocycles. The van der Waals surface area contributed by atoms with Crippen LogP contribution in [0.5, 0.6) is 0 Å². The molecule has 0 aliphatic carbocycles. The van der Waals surface area contributed by atoms with Gasteiger partial charge in [-0.05, 0) is 163 Å². The fraction of sp³-hybridized carbons (Fsp3) is 0.127. The van der Waals surface area contributed by atoms with E-state index in [0.29, 0.717) is 25.3 Å². The standard InChI is InChI=1S/C91H4.C35H43N5O4/c1-3-5-7-9-11-13-15-17-19-21-23-25-27-29-31-33-35-37-39-41-43-45-47-49-51-53-55-57-59-61-63-65-67-69-71-73-75-77-79-81-83-85-87-89-91-90-88-86-84-82-80-78-76-74-72-70-68-66-64-62-60-58-56-54-52-50-48-46-44-42-40-38-36-34-32-30-28-26-24-22-20-18-16-14-12-10-8-6-4-2;1-25(21-26-10-12-27(13-11-26)28-14-15-31(37-23-28)35(43)36-16-19-41)22-33(42)39-17-5-7-29(24-39)34-38-30-8-3-4-9-32(30)40(34)18-6-20-44-2/h1H,2H3;3-4,8-15,23,25,29,41H,5-7,16-22,24H2,1-2H3,(H,36,43)/t;25-,29-/m.1/s1. The van der Waals surface area contributed by atoms with E-state index in [0.717, 1.165) is 66.8 Å². The molecule has 9 heteroatoms. The van der Waals surface area contributed by atoms with Crippen molar-refractivity contribution in [3.63, 3.8) is 0 Å². The number of pyridine rings is 1. The molecule has 0 radical (unpaired) electrons. The molecule has 0 unspecified atom stereocenters. The molecule has 2 amide bonds. The van der Waals surface area contributed by atoms with Crippen molar-refractivity contribution in [2.75, 3.05) is 40.0 Å². The van der Waals surface area contributed by atoms with Crippen molar-refractivity contribution in [3.05, 3.63) is 83.9 Å². The summed E-state index contributed by atoms with van der Waals surface area (Å²) in [5.41, 5.74) is 5.60. The number of aromatic nitrogens is 3. The molecule has 0 spiro atoms. The monoisotopic (exact) mass is 1690 g/mol. The van der Waals surface area contributed by atoms with E-state index in [-0.39, 0.29) is 36.8 Å². The van der Waals surface area contributed by atoms with Crippen LogP contribution >= 0.6 is 0 Å². The minimum absolute atomic E-state index is 0.109. The lowest BCUT2D eigenvalue weighted by atomic mass is 9.93. The average Bonchev–Trinajstić information content (AvgIpc) is 1.63. The van der Waals surface area contributed by atoms with Gasteiger partial charge in [-0.15, -0.1) is 6.42 Å². The molecular weight excluding hydrogens is 1650 g/mol. The predicted octanol–water partition coefficient (Wildman–Crippen LogP) is 5.62. The highest BCUT2D eigenvalue weighted by atomic mass is 16.5. The number of imidazole rings is 1. The number of nitrogens with zero attached hydrogens (tertiary/aromatic N) is 4. The van der Waals surface area contributed by atoms with Gasteiger partial charge in [-0.25, -0.2) is 4.98 Å². The Hall–Kier alpha value is -23.9. The molecule has 135 heavy (non-hydrogen) atoms. The van der Waals surface area contributed by atoms with E-state index in [1.807, 2.05) is 17.0 Å². The van der Waals surface area contributed by atoms with Crippen LogP contribution in [-0.4, -0.2) is 76.3 Å². The summed E-state index contributed by atoms with van der Waals surface area (Å²) < 4.78 is 7.64. The van der Waals surface area contributed by atoms with Crippen LogP contribution in [0.4, 0.5) is 0 Å². The van der Waals surface area contributed by atoms with Gasteiger partial charge in [0.05, 0.1) is 17.6 Å². The molecule has 1 fully saturated rings. The van der Waals surface area contributed by atoms with E-state index in [9.17, 15) is 9.59 Å². The number of terminal acetylenes is 1. The first-order chi connectivity index (χ1) is 66.9. The zero-order valence-electron chi connectivity index (χ0n) is 71.8. The Morgan fingerprint density at radius 2 is 0.704 bits per heavy atom. The third kappa shape index (κ3) is 57.1. The number of fused-ring (bicyclic) bond motifs is 1. The first-order valence-corrected chi connectivity index (χ1v) is 38.4. The van der Waals surface area contributed by atoms with Crippen LogP contribution in [0.25, 0.3) is 22.2 Å². The second kappa shape index (κ2) is 77.4. The number of carbonyl (C=O) groups is 2. The van der Waals surface area contributed by atoms with Crippen molar-refractivity contribution in [1.29, 1.82) is 0 Å². The van der Waals surface area contributed by atoms with Crippen molar-refractivity contribution < 1.29 is 19.4 Å². The van der Waals surface area contributed by atoms with Crippen LogP contribution in [0.3, 0.4) is 0 Å². The highest BCUT2D eigenvalue weighted by molar-refractivity contribution is 5.92. The van der Waals surface area contributed by atoms with Gasteiger partial charge in [-0.1, -0.05) is 55.3 Å². The van der Waals surface area contributed by atoms with Crippen LogP contribution in [-0.2, 0) is 22.5 Å². The fourth-order valence-corrected chi connectivity index (χ4v) is 8.87. The maximum absolute atomic E-state index is 13.5. The van der Waals surface area contributed by atoms with Crippen molar-refractivity contribution >= 4 is 22.8 Å². The SMILES string of the molecule is C#CC#CC#CC#CC#CC#CC#CC#CC#CC#CC#CC#CC#CC#CC#CC#CC#CC#CC#CC#CC#CC#CC#CC#CC#CC#CC#CC#CC#CC#CC#CC#CC#CC#CC#CC#CC#CC#CC#CC#CC#CC#CC#CC#CC#CC.COCCCn1c([C@@H]2CCCN(C(=O)C[C@H](C)Cc3ccc(-c4ccc(C(=O)NCCO)nc4)cc3)C2)nc2ccccc21. The molecule has 600 valence electrons. The number of piperidine rings is 1. The van der Waals surface area contributed by atoms with Gasteiger partial charge in [-0.3, -0.25) is 14.6 Å². The number of aliphatic hydroxyl groups excluding tert-OH is 1. The smallest absolute Gasteiger partial charge is 0.269 e. The summed E-state index contributed by atoms with van der Waals surface area (Å²) in [5, 5.41) is 11.5. The van der Waals surface area contributed by atoms with Crippen LogP contribution in [0.2, 0.25) is 0 Å². The van der Waals surface area contributed by atoms with Crippen LogP contribution in [0, 0.1) is 539 Å². The summed E-state index contributed by atoms with van der Waals surface area (Å²) in [5.74, 6) is 223. The highest BCUT2D eigenvalue weighted by Gasteiger charge is 2.29. The van der Waals surface area contributed by atoms with E-state index in [4.69, 9.17) is 21.3 Å². The lowest BCUT2D eigenvalue weighted by Gasteiger charge is -2.33. The van der Waals surface area contributed by atoms with Gasteiger partial charge in [0.15, 0.2) is 0 Å². The summed E-state index contributed by atoms with van der Waals surface area (Å²) in [6.45, 7) is 7.00. The topological polar surface area (TPSA) is 110 Å². The molecule has 4 aromatic rings. The van der Waals surface area contributed by atoms with E-state index in [1.54, 1.807) is 26.3 Å². The summed E-state index contributed by atoms with van der Waals surface area (Å²) in [4.78, 5) is 36.8. The normalized spacial score (nSPS) is 7.81. The van der Waals surface area contributed by atoms with E-state index < -0.39 is 0 Å². The number of hydrogen-bond acceptors (Lipinski definition) is 6. The molecule has 5 rings (SSSR count). The molecule has 9 nitrogen and oxygen atoms in total. The van der Waals surface area contributed by atoms with Gasteiger partial charge in [0, 0.05) is 490 Å². The first kappa shape index (κ1) is 103.